The van der Waals surface area contributed by atoms with Crippen LogP contribution >= 0.6 is 22.9 Å². The Bertz CT molecular complexity index is 370. The fourth-order valence-corrected chi connectivity index (χ4v) is 3.57. The SMILES string of the molecule is O=C(O)CCc1sc2c(c1Cl)CCC2. The van der Waals surface area contributed by atoms with E-state index < -0.39 is 5.97 Å². The van der Waals surface area contributed by atoms with E-state index in [1.807, 2.05) is 0 Å². The summed E-state index contributed by atoms with van der Waals surface area (Å²) in [5.74, 6) is -0.755. The summed E-state index contributed by atoms with van der Waals surface area (Å²) in [5, 5.41) is 9.41. The van der Waals surface area contributed by atoms with E-state index in [1.54, 1.807) is 11.3 Å². The molecule has 1 aromatic heterocycles. The van der Waals surface area contributed by atoms with Gasteiger partial charge in [-0.3, -0.25) is 4.79 Å². The number of carboxylic acid groups (broad SMARTS) is 1. The number of fused-ring (bicyclic) bond motifs is 1. The monoisotopic (exact) mass is 230 g/mol. The standard InChI is InChI=1S/C10H11ClO2S/c11-10-6-2-1-3-7(6)14-8(10)4-5-9(12)13/h1-5H2,(H,12,13). The van der Waals surface area contributed by atoms with Gasteiger partial charge in [0.15, 0.2) is 0 Å². The van der Waals surface area contributed by atoms with Crippen molar-refractivity contribution in [3.8, 4) is 0 Å². The molecule has 0 fully saturated rings. The van der Waals surface area contributed by atoms with E-state index in [2.05, 4.69) is 0 Å². The summed E-state index contributed by atoms with van der Waals surface area (Å²) in [6.07, 6.45) is 4.13. The van der Waals surface area contributed by atoms with E-state index >= 15 is 0 Å². The van der Waals surface area contributed by atoms with Gasteiger partial charge in [-0.15, -0.1) is 11.3 Å². The number of carboxylic acids is 1. The van der Waals surface area contributed by atoms with E-state index in [9.17, 15) is 4.79 Å². The van der Waals surface area contributed by atoms with E-state index in [0.717, 1.165) is 22.7 Å². The van der Waals surface area contributed by atoms with E-state index in [0.29, 0.717) is 6.42 Å². The van der Waals surface area contributed by atoms with Crippen molar-refractivity contribution in [1.29, 1.82) is 0 Å². The molecular formula is C10H11ClO2S. The summed E-state index contributed by atoms with van der Waals surface area (Å²) in [6, 6.07) is 0. The maximum absolute atomic E-state index is 10.4. The molecule has 76 valence electrons. The van der Waals surface area contributed by atoms with Crippen LogP contribution in [0, 0.1) is 0 Å². The molecule has 0 saturated carbocycles. The molecule has 0 bridgehead atoms. The molecule has 1 aromatic rings. The van der Waals surface area contributed by atoms with Crippen molar-refractivity contribution in [2.45, 2.75) is 32.1 Å². The predicted molar refractivity (Wildman–Crippen MR) is 57.3 cm³/mol. The lowest BCUT2D eigenvalue weighted by molar-refractivity contribution is -0.136. The number of thiophene rings is 1. The van der Waals surface area contributed by atoms with Crippen LogP contribution in [0.1, 0.15) is 28.2 Å². The Morgan fingerprint density at radius 3 is 2.93 bits per heavy atom. The molecule has 0 unspecified atom stereocenters. The molecule has 0 aromatic carbocycles. The topological polar surface area (TPSA) is 37.3 Å². The fraction of sp³-hybridized carbons (Fsp3) is 0.500. The molecule has 14 heavy (non-hydrogen) atoms. The van der Waals surface area contributed by atoms with Crippen LogP contribution in [-0.2, 0) is 24.1 Å². The first-order valence-electron chi connectivity index (χ1n) is 4.69. The molecule has 1 N–H and O–H groups in total. The van der Waals surface area contributed by atoms with Crippen molar-refractivity contribution < 1.29 is 9.90 Å². The van der Waals surface area contributed by atoms with Gasteiger partial charge in [-0.25, -0.2) is 0 Å². The van der Waals surface area contributed by atoms with Crippen molar-refractivity contribution in [2.75, 3.05) is 0 Å². The van der Waals surface area contributed by atoms with Gasteiger partial charge in [-0.2, -0.15) is 0 Å². The summed E-state index contributed by atoms with van der Waals surface area (Å²) >= 11 is 7.87. The van der Waals surface area contributed by atoms with Crippen LogP contribution in [0.5, 0.6) is 0 Å². The molecule has 0 amide bonds. The third-order valence-corrected chi connectivity index (χ3v) is 4.41. The minimum absolute atomic E-state index is 0.180. The van der Waals surface area contributed by atoms with E-state index in [4.69, 9.17) is 16.7 Å². The van der Waals surface area contributed by atoms with Crippen LogP contribution < -0.4 is 0 Å². The number of carbonyl (C=O) groups is 1. The Morgan fingerprint density at radius 1 is 1.50 bits per heavy atom. The summed E-state index contributed by atoms with van der Waals surface area (Å²) in [5.41, 5.74) is 1.28. The van der Waals surface area contributed by atoms with Crippen LogP contribution in [0.15, 0.2) is 0 Å². The molecule has 0 atom stereocenters. The first-order valence-corrected chi connectivity index (χ1v) is 5.88. The van der Waals surface area contributed by atoms with Gasteiger partial charge in [0.1, 0.15) is 0 Å². The molecule has 0 spiro atoms. The van der Waals surface area contributed by atoms with Crippen LogP contribution in [0.4, 0.5) is 0 Å². The molecule has 0 radical (unpaired) electrons. The van der Waals surface area contributed by atoms with Crippen molar-refractivity contribution in [3.63, 3.8) is 0 Å². The van der Waals surface area contributed by atoms with E-state index in [-0.39, 0.29) is 6.42 Å². The Kier molecular flexibility index (Phi) is 2.79. The summed E-state index contributed by atoms with van der Waals surface area (Å²) in [6.45, 7) is 0. The van der Waals surface area contributed by atoms with Crippen LogP contribution in [0.2, 0.25) is 5.02 Å². The highest BCUT2D eigenvalue weighted by Crippen LogP contribution is 2.39. The van der Waals surface area contributed by atoms with Gasteiger partial charge in [0, 0.05) is 9.75 Å². The lowest BCUT2D eigenvalue weighted by Crippen LogP contribution is -1.96. The smallest absolute Gasteiger partial charge is 0.303 e. The highest BCUT2D eigenvalue weighted by molar-refractivity contribution is 7.12. The summed E-state index contributed by atoms with van der Waals surface area (Å²) in [7, 11) is 0. The molecule has 1 aliphatic rings. The second kappa shape index (κ2) is 3.91. The lowest BCUT2D eigenvalue weighted by atomic mass is 10.2. The molecule has 4 heteroatoms. The maximum atomic E-state index is 10.4. The first-order chi connectivity index (χ1) is 6.68. The molecule has 0 saturated heterocycles. The summed E-state index contributed by atoms with van der Waals surface area (Å²) in [4.78, 5) is 12.8. The van der Waals surface area contributed by atoms with Crippen LogP contribution in [-0.4, -0.2) is 11.1 Å². The molecule has 2 rings (SSSR count). The number of aliphatic carboxylic acids is 1. The minimum atomic E-state index is -0.755. The second-order valence-electron chi connectivity index (χ2n) is 3.49. The first kappa shape index (κ1) is 9.99. The number of aryl methyl sites for hydroxylation is 2. The summed E-state index contributed by atoms with van der Waals surface area (Å²) < 4.78 is 0. The van der Waals surface area contributed by atoms with Crippen molar-refractivity contribution in [2.24, 2.45) is 0 Å². The third-order valence-electron chi connectivity index (χ3n) is 2.49. The van der Waals surface area contributed by atoms with Crippen molar-refractivity contribution in [1.82, 2.24) is 0 Å². The fourth-order valence-electron chi connectivity index (χ4n) is 1.80. The predicted octanol–water partition coefficient (Wildman–Crippen LogP) is 2.91. The Labute approximate surface area is 91.5 Å². The average molecular weight is 231 g/mol. The van der Waals surface area contributed by atoms with Crippen molar-refractivity contribution >= 4 is 28.9 Å². The van der Waals surface area contributed by atoms with Crippen LogP contribution in [0.25, 0.3) is 0 Å². The van der Waals surface area contributed by atoms with Gasteiger partial charge < -0.3 is 5.11 Å². The van der Waals surface area contributed by atoms with Gasteiger partial charge in [0.2, 0.25) is 0 Å². The Balaban J connectivity index is 2.15. The normalized spacial score (nSPS) is 14.4. The molecule has 1 aliphatic carbocycles. The largest absolute Gasteiger partial charge is 0.481 e. The Morgan fingerprint density at radius 2 is 2.29 bits per heavy atom. The number of hydrogen-bond donors (Lipinski definition) is 1. The number of rotatable bonds is 3. The highest BCUT2D eigenvalue weighted by atomic mass is 35.5. The van der Waals surface area contributed by atoms with Gasteiger partial charge >= 0.3 is 5.97 Å². The zero-order chi connectivity index (χ0) is 10.1. The highest BCUT2D eigenvalue weighted by Gasteiger charge is 2.20. The van der Waals surface area contributed by atoms with E-state index in [1.165, 1.54) is 16.9 Å². The quantitative estimate of drug-likeness (QED) is 0.867. The van der Waals surface area contributed by atoms with Crippen LogP contribution in [0.3, 0.4) is 0 Å². The Hall–Kier alpha value is -0.540. The molecule has 1 heterocycles. The lowest BCUT2D eigenvalue weighted by Gasteiger charge is -1.96. The zero-order valence-corrected chi connectivity index (χ0v) is 9.25. The molecule has 0 aliphatic heterocycles. The molecule has 2 nitrogen and oxygen atoms in total. The maximum Gasteiger partial charge on any atom is 0.303 e. The minimum Gasteiger partial charge on any atom is -0.481 e. The second-order valence-corrected chi connectivity index (χ2v) is 5.06. The van der Waals surface area contributed by atoms with Crippen molar-refractivity contribution in [3.05, 3.63) is 20.3 Å². The van der Waals surface area contributed by atoms with Gasteiger partial charge in [0.05, 0.1) is 11.4 Å². The zero-order valence-electron chi connectivity index (χ0n) is 7.68. The van der Waals surface area contributed by atoms with Gasteiger partial charge in [-0.1, -0.05) is 11.6 Å². The third kappa shape index (κ3) is 1.79. The molecular weight excluding hydrogens is 220 g/mol. The average Bonchev–Trinajstić information content (AvgIpc) is 2.66. The van der Waals surface area contributed by atoms with Gasteiger partial charge in [0.25, 0.3) is 0 Å². The number of halogens is 1. The number of hydrogen-bond acceptors (Lipinski definition) is 2. The van der Waals surface area contributed by atoms with Gasteiger partial charge in [-0.05, 0) is 31.2 Å².